The zero-order valence-electron chi connectivity index (χ0n) is 10.8. The number of piperazine rings is 1. The summed E-state index contributed by atoms with van der Waals surface area (Å²) in [6.07, 6.45) is 0.673. The van der Waals surface area contributed by atoms with Gasteiger partial charge in [-0.3, -0.25) is 4.90 Å². The van der Waals surface area contributed by atoms with Crippen LogP contribution in [0.25, 0.3) is 0 Å². The lowest BCUT2D eigenvalue weighted by Gasteiger charge is -2.31. The second-order valence-corrected chi connectivity index (χ2v) is 5.48. The first-order valence-electron chi connectivity index (χ1n) is 6.31. The number of hydrogen-bond acceptors (Lipinski definition) is 5. The molecule has 6 heteroatoms. The molecule has 2 N–H and O–H groups in total. The summed E-state index contributed by atoms with van der Waals surface area (Å²) in [4.78, 5) is 18.4. The molecule has 1 fully saturated rings. The molecule has 0 spiro atoms. The van der Waals surface area contributed by atoms with Crippen molar-refractivity contribution in [2.24, 2.45) is 0 Å². The van der Waals surface area contributed by atoms with E-state index in [9.17, 15) is 4.79 Å². The zero-order valence-corrected chi connectivity index (χ0v) is 11.6. The Hall–Kier alpha value is -0.980. The largest absolute Gasteiger partial charge is 0.477 e. The Kier molecular flexibility index (Phi) is 4.31. The van der Waals surface area contributed by atoms with Crippen molar-refractivity contribution in [3.63, 3.8) is 0 Å². The molecule has 0 aliphatic carbocycles. The predicted molar refractivity (Wildman–Crippen MR) is 71.3 cm³/mol. The molecular weight excluding hydrogens is 250 g/mol. The van der Waals surface area contributed by atoms with E-state index in [1.54, 1.807) is 0 Å². The topological polar surface area (TPSA) is 65.5 Å². The van der Waals surface area contributed by atoms with Crippen LogP contribution in [0.4, 0.5) is 0 Å². The molecular formula is C12H19N3O2S. The van der Waals surface area contributed by atoms with Crippen molar-refractivity contribution in [3.8, 4) is 0 Å². The highest BCUT2D eigenvalue weighted by Crippen LogP contribution is 2.28. The minimum Gasteiger partial charge on any atom is -0.477 e. The Bertz CT molecular complexity index is 427. The maximum Gasteiger partial charge on any atom is 0.347 e. The molecule has 1 aromatic heterocycles. The molecule has 1 aliphatic heterocycles. The van der Waals surface area contributed by atoms with Crippen LogP contribution in [0.1, 0.15) is 40.3 Å². The Morgan fingerprint density at radius 3 is 2.72 bits per heavy atom. The highest BCUT2D eigenvalue weighted by Gasteiger charge is 2.24. The normalized spacial score (nSPS) is 18.8. The summed E-state index contributed by atoms with van der Waals surface area (Å²) < 4.78 is 0. The van der Waals surface area contributed by atoms with Gasteiger partial charge in [0.15, 0.2) is 0 Å². The second kappa shape index (κ2) is 5.77. The SMILES string of the molecule is CCc1nc(C(C)N2CCNCC2)sc1C(=O)O. The molecule has 2 rings (SSSR count). The van der Waals surface area contributed by atoms with E-state index in [0.29, 0.717) is 17.0 Å². The van der Waals surface area contributed by atoms with Crippen molar-refractivity contribution >= 4 is 17.3 Å². The zero-order chi connectivity index (χ0) is 13.1. The van der Waals surface area contributed by atoms with Gasteiger partial charge in [0.1, 0.15) is 9.88 Å². The first-order chi connectivity index (χ1) is 8.63. The molecule has 0 amide bonds. The van der Waals surface area contributed by atoms with Crippen LogP contribution < -0.4 is 5.32 Å². The average Bonchev–Trinajstić information content (AvgIpc) is 2.83. The van der Waals surface area contributed by atoms with Gasteiger partial charge in [-0.1, -0.05) is 6.92 Å². The van der Waals surface area contributed by atoms with E-state index >= 15 is 0 Å². The van der Waals surface area contributed by atoms with E-state index in [0.717, 1.165) is 31.2 Å². The third kappa shape index (κ3) is 2.71. The van der Waals surface area contributed by atoms with Gasteiger partial charge in [0.25, 0.3) is 0 Å². The van der Waals surface area contributed by atoms with E-state index < -0.39 is 5.97 Å². The van der Waals surface area contributed by atoms with E-state index in [-0.39, 0.29) is 6.04 Å². The van der Waals surface area contributed by atoms with E-state index in [4.69, 9.17) is 5.11 Å². The standard InChI is InChI=1S/C12H19N3O2S/c1-3-9-10(12(16)17)18-11(14-9)8(2)15-6-4-13-5-7-15/h8,13H,3-7H2,1-2H3,(H,16,17). The van der Waals surface area contributed by atoms with Gasteiger partial charge in [0.2, 0.25) is 0 Å². The number of aromatic carboxylic acids is 1. The highest BCUT2D eigenvalue weighted by molar-refractivity contribution is 7.13. The van der Waals surface area contributed by atoms with Crippen LogP contribution in [-0.2, 0) is 6.42 Å². The van der Waals surface area contributed by atoms with E-state index in [1.165, 1.54) is 11.3 Å². The molecule has 1 saturated heterocycles. The summed E-state index contributed by atoms with van der Waals surface area (Å²) in [5.74, 6) is -0.858. The van der Waals surface area contributed by atoms with Crippen molar-refractivity contribution in [3.05, 3.63) is 15.6 Å². The third-order valence-corrected chi connectivity index (χ3v) is 4.56. The fourth-order valence-electron chi connectivity index (χ4n) is 2.18. The van der Waals surface area contributed by atoms with Crippen LogP contribution in [-0.4, -0.2) is 47.1 Å². The van der Waals surface area contributed by atoms with Crippen molar-refractivity contribution in [2.75, 3.05) is 26.2 Å². The number of carbonyl (C=O) groups is 1. The summed E-state index contributed by atoms with van der Waals surface area (Å²) in [7, 11) is 0. The Morgan fingerprint density at radius 1 is 1.56 bits per heavy atom. The molecule has 0 bridgehead atoms. The molecule has 0 radical (unpaired) electrons. The molecule has 1 aliphatic rings. The van der Waals surface area contributed by atoms with E-state index in [1.807, 2.05) is 6.92 Å². The minimum absolute atomic E-state index is 0.204. The van der Waals surface area contributed by atoms with Crippen LogP contribution in [0.15, 0.2) is 0 Å². The second-order valence-electron chi connectivity index (χ2n) is 4.45. The number of hydrogen-bond donors (Lipinski definition) is 2. The average molecular weight is 269 g/mol. The van der Waals surface area contributed by atoms with Crippen LogP contribution in [0.5, 0.6) is 0 Å². The summed E-state index contributed by atoms with van der Waals surface area (Å²) >= 11 is 1.32. The quantitative estimate of drug-likeness (QED) is 0.864. The first kappa shape index (κ1) is 13.5. The summed E-state index contributed by atoms with van der Waals surface area (Å²) in [5, 5.41) is 13.4. The maximum absolute atomic E-state index is 11.1. The van der Waals surface area contributed by atoms with Gasteiger partial charge in [-0.2, -0.15) is 0 Å². The number of nitrogens with zero attached hydrogens (tertiary/aromatic N) is 2. The van der Waals surface area contributed by atoms with Crippen LogP contribution in [0.2, 0.25) is 0 Å². The highest BCUT2D eigenvalue weighted by atomic mass is 32.1. The predicted octanol–water partition coefficient (Wildman–Crippen LogP) is 1.37. The van der Waals surface area contributed by atoms with Crippen molar-refractivity contribution in [2.45, 2.75) is 26.3 Å². The van der Waals surface area contributed by atoms with Gasteiger partial charge >= 0.3 is 5.97 Å². The molecule has 2 heterocycles. The molecule has 100 valence electrons. The first-order valence-corrected chi connectivity index (χ1v) is 7.12. The van der Waals surface area contributed by atoms with Crippen molar-refractivity contribution in [1.82, 2.24) is 15.2 Å². The number of nitrogens with one attached hydrogen (secondary N) is 1. The molecule has 18 heavy (non-hydrogen) atoms. The van der Waals surface area contributed by atoms with Gasteiger partial charge < -0.3 is 10.4 Å². The Morgan fingerprint density at radius 2 is 2.22 bits per heavy atom. The van der Waals surface area contributed by atoms with E-state index in [2.05, 4.69) is 22.1 Å². The monoisotopic (exact) mass is 269 g/mol. The Labute approximate surface area is 111 Å². The van der Waals surface area contributed by atoms with Gasteiger partial charge in [0.05, 0.1) is 11.7 Å². The third-order valence-electron chi connectivity index (χ3n) is 3.30. The van der Waals surface area contributed by atoms with Crippen LogP contribution in [0.3, 0.4) is 0 Å². The number of thiazole rings is 1. The van der Waals surface area contributed by atoms with Gasteiger partial charge in [0, 0.05) is 26.2 Å². The lowest BCUT2D eigenvalue weighted by atomic mass is 10.2. The summed E-state index contributed by atoms with van der Waals surface area (Å²) in [6.45, 7) is 8.01. The maximum atomic E-state index is 11.1. The van der Waals surface area contributed by atoms with Gasteiger partial charge in [-0.25, -0.2) is 9.78 Å². The molecule has 0 saturated carbocycles. The number of carboxylic acid groups (broad SMARTS) is 1. The lowest BCUT2D eigenvalue weighted by Crippen LogP contribution is -2.44. The van der Waals surface area contributed by atoms with Gasteiger partial charge in [-0.05, 0) is 13.3 Å². The number of aromatic nitrogens is 1. The molecule has 5 nitrogen and oxygen atoms in total. The Balaban J connectivity index is 2.19. The number of aryl methyl sites for hydroxylation is 1. The number of rotatable bonds is 4. The molecule has 0 aromatic carbocycles. The lowest BCUT2D eigenvalue weighted by molar-refractivity contribution is 0.0701. The van der Waals surface area contributed by atoms with Crippen molar-refractivity contribution in [1.29, 1.82) is 0 Å². The number of carboxylic acids is 1. The van der Waals surface area contributed by atoms with Crippen LogP contribution in [0, 0.1) is 0 Å². The summed E-state index contributed by atoms with van der Waals surface area (Å²) in [6, 6.07) is 0.204. The fourth-order valence-corrected chi connectivity index (χ4v) is 3.26. The molecule has 1 unspecified atom stereocenters. The summed E-state index contributed by atoms with van der Waals surface area (Å²) in [5.41, 5.74) is 0.712. The fraction of sp³-hybridized carbons (Fsp3) is 0.667. The van der Waals surface area contributed by atoms with Crippen molar-refractivity contribution < 1.29 is 9.90 Å². The molecule has 1 atom stereocenters. The minimum atomic E-state index is -0.858. The smallest absolute Gasteiger partial charge is 0.347 e. The van der Waals surface area contributed by atoms with Crippen LogP contribution >= 0.6 is 11.3 Å². The molecule has 1 aromatic rings. The van der Waals surface area contributed by atoms with Gasteiger partial charge in [-0.15, -0.1) is 11.3 Å².